The molecule has 0 amide bonds. The number of rotatable bonds is 12. The number of benzene rings is 3. The van der Waals surface area contributed by atoms with Gasteiger partial charge in [-0.3, -0.25) is 13.9 Å². The van der Waals surface area contributed by atoms with Gasteiger partial charge in [-0.05, 0) is 73.7 Å². The van der Waals surface area contributed by atoms with Crippen molar-refractivity contribution in [2.24, 2.45) is 0 Å². The van der Waals surface area contributed by atoms with Crippen LogP contribution in [0.25, 0.3) is 21.4 Å². The summed E-state index contributed by atoms with van der Waals surface area (Å²) in [6.45, 7) is -0.332. The highest BCUT2D eigenvalue weighted by atomic mass is 35.5. The van der Waals surface area contributed by atoms with Gasteiger partial charge in [0.25, 0.3) is 10.0 Å². The lowest BCUT2D eigenvalue weighted by Crippen LogP contribution is -2.36. The summed E-state index contributed by atoms with van der Waals surface area (Å²) in [5.41, 5.74) is 1.44. The van der Waals surface area contributed by atoms with Gasteiger partial charge in [0.2, 0.25) is 10.0 Å². The van der Waals surface area contributed by atoms with Crippen LogP contribution in [0.1, 0.15) is 10.4 Å². The maximum Gasteiger partial charge on any atom is 0.324 e. The second-order valence-electron chi connectivity index (χ2n) is 9.91. The summed E-state index contributed by atoms with van der Waals surface area (Å²) in [6, 6.07) is 19.4. The van der Waals surface area contributed by atoms with Crippen molar-refractivity contribution in [1.29, 1.82) is 0 Å². The molecule has 5 aromatic rings. The fourth-order valence-electron chi connectivity index (χ4n) is 4.62. The van der Waals surface area contributed by atoms with Crippen molar-refractivity contribution < 1.29 is 41.1 Å². The molecule has 0 fully saturated rings. The topological polar surface area (TPSA) is 162 Å². The number of aliphatic carboxylic acids is 2. The number of hydrogen-bond donors (Lipinski definition) is 2. The molecule has 5 rings (SSSR count). The smallest absolute Gasteiger partial charge is 0.324 e. The first-order chi connectivity index (χ1) is 21.3. The van der Waals surface area contributed by atoms with Crippen LogP contribution in [-0.2, 0) is 36.2 Å². The highest BCUT2D eigenvalue weighted by Crippen LogP contribution is 2.41. The van der Waals surface area contributed by atoms with Gasteiger partial charge in [0.15, 0.2) is 0 Å². The second kappa shape index (κ2) is 12.7. The van der Waals surface area contributed by atoms with E-state index < -0.39 is 45.1 Å². The zero-order chi connectivity index (χ0) is 32.5. The molecule has 15 heteroatoms. The van der Waals surface area contributed by atoms with Crippen LogP contribution in [0, 0.1) is 6.92 Å². The van der Waals surface area contributed by atoms with Crippen molar-refractivity contribution in [3.05, 3.63) is 101 Å². The molecule has 45 heavy (non-hydrogen) atoms. The SMILES string of the molecule is Cc1ccc(S(=O)(=O)N(CC(=O)O)Cc2cc3c(N(CC(=O)O)S(=O)(=O)c4ccc(-c5ccco5)cc4)ccc(Cl)c3s2)cc1. The van der Waals surface area contributed by atoms with E-state index in [0.717, 1.165) is 25.5 Å². The van der Waals surface area contributed by atoms with E-state index in [9.17, 15) is 36.6 Å². The Balaban J connectivity index is 1.56. The zero-order valence-electron chi connectivity index (χ0n) is 23.5. The number of nitrogens with zero attached hydrogens (tertiary/aromatic N) is 2. The summed E-state index contributed by atoms with van der Waals surface area (Å²) < 4.78 is 61.9. The summed E-state index contributed by atoms with van der Waals surface area (Å²) >= 11 is 7.50. The van der Waals surface area contributed by atoms with Crippen molar-refractivity contribution >= 4 is 70.7 Å². The first kappa shape index (κ1) is 32.2. The van der Waals surface area contributed by atoms with Gasteiger partial charge in [0.05, 0.1) is 31.5 Å². The quantitative estimate of drug-likeness (QED) is 0.168. The molecule has 0 spiro atoms. The third kappa shape index (κ3) is 6.74. The van der Waals surface area contributed by atoms with E-state index in [4.69, 9.17) is 16.0 Å². The molecule has 2 aromatic heterocycles. The molecule has 0 aliphatic carbocycles. The van der Waals surface area contributed by atoms with Gasteiger partial charge in [-0.2, -0.15) is 4.31 Å². The van der Waals surface area contributed by atoms with Crippen molar-refractivity contribution in [2.45, 2.75) is 23.3 Å². The van der Waals surface area contributed by atoms with E-state index in [1.54, 1.807) is 31.2 Å². The Morgan fingerprint density at radius 3 is 2.07 bits per heavy atom. The molecule has 0 unspecified atom stereocenters. The highest BCUT2D eigenvalue weighted by Gasteiger charge is 2.31. The van der Waals surface area contributed by atoms with Crippen LogP contribution >= 0.6 is 22.9 Å². The molecular weight excluding hydrogens is 664 g/mol. The summed E-state index contributed by atoms with van der Waals surface area (Å²) in [4.78, 5) is 23.7. The zero-order valence-corrected chi connectivity index (χ0v) is 26.7. The van der Waals surface area contributed by atoms with Gasteiger partial charge in [-0.15, -0.1) is 11.3 Å². The minimum atomic E-state index is -4.43. The number of furan rings is 1. The molecule has 11 nitrogen and oxygen atoms in total. The predicted octanol–water partition coefficient (Wildman–Crippen LogP) is 5.68. The second-order valence-corrected chi connectivity index (χ2v) is 15.3. The molecule has 234 valence electrons. The van der Waals surface area contributed by atoms with E-state index in [2.05, 4.69) is 0 Å². The third-order valence-corrected chi connectivity index (χ3v) is 11.9. The Morgan fingerprint density at radius 2 is 1.47 bits per heavy atom. The Morgan fingerprint density at radius 1 is 0.844 bits per heavy atom. The number of carboxylic acid groups (broad SMARTS) is 2. The van der Waals surface area contributed by atoms with E-state index in [0.29, 0.717) is 20.9 Å². The lowest BCUT2D eigenvalue weighted by molar-refractivity contribution is -0.137. The number of sulfonamides is 2. The van der Waals surface area contributed by atoms with Crippen LogP contribution in [0.2, 0.25) is 5.02 Å². The number of carboxylic acids is 2. The number of fused-ring (bicyclic) bond motifs is 1. The molecule has 0 atom stereocenters. The fourth-order valence-corrected chi connectivity index (χ4v) is 8.88. The molecule has 0 saturated carbocycles. The van der Waals surface area contributed by atoms with Crippen LogP contribution in [0.5, 0.6) is 0 Å². The Kier molecular flexibility index (Phi) is 9.05. The lowest BCUT2D eigenvalue weighted by Gasteiger charge is -2.24. The summed E-state index contributed by atoms with van der Waals surface area (Å²) in [6.07, 6.45) is 1.48. The minimum absolute atomic E-state index is 0.000544. The Labute approximate surface area is 267 Å². The molecule has 0 aliphatic rings. The number of aryl methyl sites for hydroxylation is 1. The third-order valence-electron chi connectivity index (χ3n) is 6.76. The molecular formula is C30H25ClN2O9S3. The van der Waals surface area contributed by atoms with E-state index in [1.807, 2.05) is 0 Å². The molecule has 0 saturated heterocycles. The maximum atomic E-state index is 13.9. The van der Waals surface area contributed by atoms with Gasteiger partial charge in [-0.25, -0.2) is 16.8 Å². The van der Waals surface area contributed by atoms with Crippen molar-refractivity contribution in [3.8, 4) is 11.3 Å². The Hall–Kier alpha value is -4.21. The summed E-state index contributed by atoms with van der Waals surface area (Å²) in [5.74, 6) is -2.27. The highest BCUT2D eigenvalue weighted by molar-refractivity contribution is 7.93. The molecule has 0 bridgehead atoms. The van der Waals surface area contributed by atoms with Gasteiger partial charge in [0.1, 0.15) is 18.8 Å². The minimum Gasteiger partial charge on any atom is -0.480 e. The average molecular weight is 689 g/mol. The monoisotopic (exact) mass is 688 g/mol. The van der Waals surface area contributed by atoms with E-state index in [1.165, 1.54) is 60.9 Å². The number of halogens is 1. The van der Waals surface area contributed by atoms with Crippen molar-refractivity contribution in [2.75, 3.05) is 17.4 Å². The molecule has 3 aromatic carbocycles. The predicted molar refractivity (Wildman–Crippen MR) is 170 cm³/mol. The first-order valence-corrected chi connectivity index (χ1v) is 17.2. The average Bonchev–Trinajstić information content (AvgIpc) is 3.67. The van der Waals surface area contributed by atoms with Crippen LogP contribution in [-0.4, -0.2) is 56.4 Å². The van der Waals surface area contributed by atoms with Gasteiger partial charge in [-0.1, -0.05) is 29.3 Å². The number of thiophene rings is 1. The number of hydrogen-bond acceptors (Lipinski definition) is 8. The lowest BCUT2D eigenvalue weighted by atomic mass is 10.2. The largest absolute Gasteiger partial charge is 0.480 e. The maximum absolute atomic E-state index is 13.9. The molecule has 2 N–H and O–H groups in total. The van der Waals surface area contributed by atoms with Crippen molar-refractivity contribution in [3.63, 3.8) is 0 Å². The van der Waals surface area contributed by atoms with Crippen LogP contribution in [0.4, 0.5) is 5.69 Å². The molecule has 2 heterocycles. The Bertz CT molecular complexity index is 2090. The number of carbonyl (C=O) groups is 2. The normalized spacial score (nSPS) is 12.1. The number of anilines is 1. The molecule has 0 aliphatic heterocycles. The van der Waals surface area contributed by atoms with Crippen LogP contribution < -0.4 is 4.31 Å². The van der Waals surface area contributed by atoms with Gasteiger partial charge < -0.3 is 14.6 Å². The van der Waals surface area contributed by atoms with Crippen molar-refractivity contribution in [1.82, 2.24) is 4.31 Å². The van der Waals surface area contributed by atoms with Gasteiger partial charge in [0, 0.05) is 22.4 Å². The van der Waals surface area contributed by atoms with E-state index in [-0.39, 0.29) is 32.4 Å². The van der Waals surface area contributed by atoms with Crippen LogP contribution in [0.3, 0.4) is 0 Å². The van der Waals surface area contributed by atoms with Crippen LogP contribution in [0.15, 0.2) is 99.3 Å². The first-order valence-electron chi connectivity index (χ1n) is 13.2. The summed E-state index contributed by atoms with van der Waals surface area (Å²) in [7, 11) is -8.68. The fraction of sp³-hybridized carbons (Fsp3) is 0.133. The molecule has 0 radical (unpaired) electrons. The van der Waals surface area contributed by atoms with Gasteiger partial charge >= 0.3 is 11.9 Å². The standard InChI is InChI=1S/C30H25ClN2O9S3/c1-19-4-8-22(9-5-19)44(38,39)32(17-28(34)35)16-21-15-24-26(13-12-25(31)30(24)43-21)33(18-29(36)37)45(40,41)23-10-6-20(7-11-23)27-3-2-14-42-27/h2-15H,16-18H2,1H3,(H,34,35)(H,36,37). The summed E-state index contributed by atoms with van der Waals surface area (Å²) in [5, 5.41) is 19.7. The van der Waals surface area contributed by atoms with E-state index >= 15 is 0 Å².